The van der Waals surface area contributed by atoms with Gasteiger partial charge in [-0.2, -0.15) is 0 Å². The van der Waals surface area contributed by atoms with Gasteiger partial charge in [-0.1, -0.05) is 0 Å². The fourth-order valence-electron chi connectivity index (χ4n) is 0.615. The number of amides is 1. The van der Waals surface area contributed by atoms with Crippen molar-refractivity contribution in [2.75, 3.05) is 34.2 Å². The van der Waals surface area contributed by atoms with Gasteiger partial charge in [-0.05, 0) is 14.1 Å². The number of likely N-dealkylation sites (N-methyl/N-ethyl adjacent to an activating group) is 2. The van der Waals surface area contributed by atoms with E-state index in [1.165, 1.54) is 11.9 Å². The summed E-state index contributed by atoms with van der Waals surface area (Å²) in [5.74, 6) is -2.27. The molecule has 0 heterocycles. The maximum absolute atomic E-state index is 10.8. The van der Waals surface area contributed by atoms with Crippen LogP contribution >= 0.6 is 0 Å². The number of aliphatic carboxylic acids is 1. The van der Waals surface area contributed by atoms with Crippen LogP contribution in [0.4, 0.5) is 0 Å². The van der Waals surface area contributed by atoms with Crippen molar-refractivity contribution in [2.45, 2.75) is 0 Å². The summed E-state index contributed by atoms with van der Waals surface area (Å²) in [6, 6.07) is 0. The number of carboxylic acid groups (broad SMARTS) is 1. The van der Waals surface area contributed by atoms with Crippen LogP contribution in [0.15, 0.2) is 0 Å². The molecule has 0 fully saturated rings. The molecule has 0 aromatic heterocycles. The first-order valence-corrected chi connectivity index (χ1v) is 3.58. The first kappa shape index (κ1) is 10.9. The number of rotatable bonds is 3. The number of hydrogen-bond acceptors (Lipinski definition) is 3. The zero-order chi connectivity index (χ0) is 9.72. The smallest absolute Gasteiger partial charge is 0.394 e. The number of carbonyl (C=O) groups is 2. The summed E-state index contributed by atoms with van der Waals surface area (Å²) in [4.78, 5) is 24.0. The Bertz CT molecular complexity index is 179. The van der Waals surface area contributed by atoms with Crippen LogP contribution in [0.25, 0.3) is 0 Å². The molecule has 1 amide bonds. The first-order chi connectivity index (χ1) is 5.45. The lowest BCUT2D eigenvalue weighted by molar-refractivity contribution is -0.155. The van der Waals surface area contributed by atoms with Crippen molar-refractivity contribution in [3.8, 4) is 0 Å². The minimum absolute atomic E-state index is 0.429. The molecule has 12 heavy (non-hydrogen) atoms. The highest BCUT2D eigenvalue weighted by atomic mass is 16.4. The van der Waals surface area contributed by atoms with Crippen molar-refractivity contribution in [3.63, 3.8) is 0 Å². The molecule has 0 saturated heterocycles. The zero-order valence-electron chi connectivity index (χ0n) is 7.57. The number of hydrogen-bond donors (Lipinski definition) is 1. The van der Waals surface area contributed by atoms with Gasteiger partial charge in [0.2, 0.25) is 0 Å². The lowest BCUT2D eigenvalue weighted by Crippen LogP contribution is -2.37. The summed E-state index contributed by atoms with van der Waals surface area (Å²) in [5, 5.41) is 8.31. The van der Waals surface area contributed by atoms with Gasteiger partial charge in [-0.25, -0.2) is 4.79 Å². The van der Waals surface area contributed by atoms with Gasteiger partial charge in [-0.15, -0.1) is 0 Å². The van der Waals surface area contributed by atoms with Crippen LogP contribution in [0.3, 0.4) is 0 Å². The van der Waals surface area contributed by atoms with E-state index in [4.69, 9.17) is 5.11 Å². The molecule has 0 aromatic rings. The van der Waals surface area contributed by atoms with Gasteiger partial charge in [0.05, 0.1) is 0 Å². The summed E-state index contributed by atoms with van der Waals surface area (Å²) in [7, 11) is 5.19. The summed E-state index contributed by atoms with van der Waals surface area (Å²) in [6.07, 6.45) is 0. The second-order valence-corrected chi connectivity index (χ2v) is 2.84. The Morgan fingerprint density at radius 2 is 1.67 bits per heavy atom. The van der Waals surface area contributed by atoms with Gasteiger partial charge in [0.25, 0.3) is 0 Å². The van der Waals surface area contributed by atoms with Crippen molar-refractivity contribution in [1.29, 1.82) is 0 Å². The lowest BCUT2D eigenvalue weighted by Gasteiger charge is -2.17. The van der Waals surface area contributed by atoms with Crippen molar-refractivity contribution >= 4 is 11.9 Å². The average Bonchev–Trinajstić information content (AvgIpc) is 1.98. The number of nitrogens with zero attached hydrogens (tertiary/aromatic N) is 2. The zero-order valence-corrected chi connectivity index (χ0v) is 7.57. The van der Waals surface area contributed by atoms with Crippen molar-refractivity contribution in [1.82, 2.24) is 9.80 Å². The Morgan fingerprint density at radius 1 is 1.17 bits per heavy atom. The van der Waals surface area contributed by atoms with Gasteiger partial charge in [0, 0.05) is 20.1 Å². The molecular formula is C7H14N2O3. The van der Waals surface area contributed by atoms with Gasteiger partial charge in [0.15, 0.2) is 0 Å². The predicted molar refractivity (Wildman–Crippen MR) is 43.8 cm³/mol. The largest absolute Gasteiger partial charge is 0.474 e. The third-order valence-electron chi connectivity index (χ3n) is 1.41. The van der Waals surface area contributed by atoms with Crippen LogP contribution in [0.2, 0.25) is 0 Å². The van der Waals surface area contributed by atoms with Gasteiger partial charge >= 0.3 is 11.9 Å². The summed E-state index contributed by atoms with van der Waals surface area (Å²) in [5.41, 5.74) is 0. The van der Waals surface area contributed by atoms with E-state index in [1.54, 1.807) is 0 Å². The van der Waals surface area contributed by atoms with E-state index in [1.807, 2.05) is 19.0 Å². The van der Waals surface area contributed by atoms with E-state index < -0.39 is 11.9 Å². The first-order valence-electron chi connectivity index (χ1n) is 3.58. The maximum Gasteiger partial charge on any atom is 0.394 e. The molecule has 0 unspecified atom stereocenters. The van der Waals surface area contributed by atoms with Crippen LogP contribution in [0, 0.1) is 0 Å². The quantitative estimate of drug-likeness (QED) is 0.563. The fraction of sp³-hybridized carbons (Fsp3) is 0.714. The van der Waals surface area contributed by atoms with Gasteiger partial charge < -0.3 is 14.9 Å². The minimum atomic E-state index is -1.41. The molecule has 0 aliphatic heterocycles. The van der Waals surface area contributed by atoms with Crippen LogP contribution < -0.4 is 0 Å². The Hall–Kier alpha value is -1.10. The van der Waals surface area contributed by atoms with Crippen LogP contribution in [-0.2, 0) is 9.59 Å². The molecule has 0 spiro atoms. The maximum atomic E-state index is 10.8. The lowest BCUT2D eigenvalue weighted by atomic mass is 10.4. The Morgan fingerprint density at radius 3 is 2.00 bits per heavy atom. The monoisotopic (exact) mass is 174 g/mol. The Balaban J connectivity index is 3.80. The highest BCUT2D eigenvalue weighted by Crippen LogP contribution is 1.85. The van der Waals surface area contributed by atoms with Gasteiger partial charge in [-0.3, -0.25) is 4.79 Å². The Kier molecular flexibility index (Phi) is 4.28. The molecule has 1 N–H and O–H groups in total. The number of carboxylic acids is 1. The van der Waals surface area contributed by atoms with Crippen molar-refractivity contribution in [3.05, 3.63) is 0 Å². The molecular weight excluding hydrogens is 160 g/mol. The number of carbonyl (C=O) groups excluding carboxylic acids is 1. The van der Waals surface area contributed by atoms with Crippen LogP contribution in [-0.4, -0.2) is 61.0 Å². The Labute approximate surface area is 71.6 Å². The topological polar surface area (TPSA) is 60.9 Å². The van der Waals surface area contributed by atoms with E-state index in [0.717, 1.165) is 0 Å². The van der Waals surface area contributed by atoms with Crippen LogP contribution in [0.1, 0.15) is 0 Å². The minimum Gasteiger partial charge on any atom is -0.474 e. The molecule has 5 heteroatoms. The molecule has 70 valence electrons. The molecule has 5 nitrogen and oxygen atoms in total. The van der Waals surface area contributed by atoms with Crippen molar-refractivity contribution in [2.24, 2.45) is 0 Å². The van der Waals surface area contributed by atoms with Gasteiger partial charge in [0.1, 0.15) is 0 Å². The summed E-state index contributed by atoms with van der Waals surface area (Å²) >= 11 is 0. The van der Waals surface area contributed by atoms with E-state index >= 15 is 0 Å². The fourth-order valence-corrected chi connectivity index (χ4v) is 0.615. The highest BCUT2D eigenvalue weighted by molar-refractivity contribution is 6.31. The van der Waals surface area contributed by atoms with E-state index in [2.05, 4.69) is 0 Å². The summed E-state index contributed by atoms with van der Waals surface area (Å²) in [6.45, 7) is 1.09. The molecule has 0 atom stereocenters. The molecule has 0 aromatic carbocycles. The second-order valence-electron chi connectivity index (χ2n) is 2.84. The van der Waals surface area contributed by atoms with E-state index in [9.17, 15) is 9.59 Å². The van der Waals surface area contributed by atoms with Crippen LogP contribution in [0.5, 0.6) is 0 Å². The molecule has 0 radical (unpaired) electrons. The van der Waals surface area contributed by atoms with Crippen molar-refractivity contribution < 1.29 is 14.7 Å². The average molecular weight is 174 g/mol. The molecule has 0 aliphatic carbocycles. The third-order valence-corrected chi connectivity index (χ3v) is 1.41. The third kappa shape index (κ3) is 3.92. The molecule has 0 rings (SSSR count). The molecule has 0 saturated carbocycles. The summed E-state index contributed by atoms with van der Waals surface area (Å²) < 4.78 is 0. The van der Waals surface area contributed by atoms with E-state index in [-0.39, 0.29) is 0 Å². The SMILES string of the molecule is CN(C)CCN(C)C(=O)C(=O)O. The van der Waals surface area contributed by atoms with E-state index in [0.29, 0.717) is 13.1 Å². The second kappa shape index (κ2) is 4.71. The highest BCUT2D eigenvalue weighted by Gasteiger charge is 2.16. The molecule has 0 bridgehead atoms. The predicted octanol–water partition coefficient (Wildman–Crippen LogP) is -0.909. The normalized spacial score (nSPS) is 10.0. The molecule has 0 aliphatic rings. The standard InChI is InChI=1S/C7H14N2O3/c1-8(2)4-5-9(3)6(10)7(11)12/h4-5H2,1-3H3,(H,11,12).